The molecule has 0 aromatic heterocycles. The largest absolute Gasteiger partial charge is 0.489 e. The van der Waals surface area contributed by atoms with Gasteiger partial charge in [0, 0.05) is 37.3 Å². The molecule has 0 fully saturated rings. The van der Waals surface area contributed by atoms with E-state index in [-0.39, 0.29) is 49.2 Å². The summed E-state index contributed by atoms with van der Waals surface area (Å²) in [6.07, 6.45) is 0. The molecule has 0 saturated heterocycles. The minimum Gasteiger partial charge on any atom is -0.489 e. The second-order valence-electron chi connectivity index (χ2n) is 18.9. The Kier molecular flexibility index (Phi) is 9.03. The Morgan fingerprint density at radius 1 is 0.368 bits per heavy atom. The van der Waals surface area contributed by atoms with Crippen molar-refractivity contribution in [2.75, 3.05) is 0 Å². The van der Waals surface area contributed by atoms with E-state index in [2.05, 4.69) is 86.6 Å². The molecule has 10 aromatic rings. The fourth-order valence-corrected chi connectivity index (χ4v) is 14.3. The van der Waals surface area contributed by atoms with Gasteiger partial charge < -0.3 is 9.47 Å². The summed E-state index contributed by atoms with van der Waals surface area (Å²) in [4.78, 5) is 0.559. The molecule has 10 aromatic carbocycles. The van der Waals surface area contributed by atoms with Crippen LogP contribution in [0.15, 0.2) is 143 Å². The third kappa shape index (κ3) is 5.97. The molecule has 13 rings (SSSR count). The van der Waals surface area contributed by atoms with Crippen LogP contribution in [0.25, 0.3) is 64.6 Å². The Balaban J connectivity index is 1.06. The summed E-state index contributed by atoms with van der Waals surface area (Å²) in [6, 6.07) is 43.8. The second-order valence-corrected chi connectivity index (χ2v) is 22.8. The zero-order valence-electron chi connectivity index (χ0n) is 38.1. The molecule has 0 saturated carbocycles. The maximum atomic E-state index is 14.5. The summed E-state index contributed by atoms with van der Waals surface area (Å²) in [5.74, 6) is 1.36. The van der Waals surface area contributed by atoms with Crippen LogP contribution in [-0.4, -0.2) is 25.4 Å². The van der Waals surface area contributed by atoms with Crippen molar-refractivity contribution in [2.24, 2.45) is 0 Å². The highest BCUT2D eigenvalue weighted by molar-refractivity contribution is 7.89. The summed E-state index contributed by atoms with van der Waals surface area (Å²) in [5, 5.41) is 12.5. The Hall–Kier alpha value is -6.82. The first-order valence-corrected chi connectivity index (χ1v) is 26.0. The molecule has 3 aliphatic rings. The van der Waals surface area contributed by atoms with E-state index in [4.69, 9.17) is 9.47 Å². The van der Waals surface area contributed by atoms with E-state index >= 15 is 0 Å². The molecule has 0 spiro atoms. The predicted octanol–water partition coefficient (Wildman–Crippen LogP) is 12.7. The lowest BCUT2D eigenvalue weighted by atomic mass is 9.84. The number of ether oxygens (including phenoxy) is 2. The lowest BCUT2D eigenvalue weighted by Gasteiger charge is -2.23. The summed E-state index contributed by atoms with van der Waals surface area (Å²) in [7, 11) is -7.67. The Morgan fingerprint density at radius 3 is 1.10 bits per heavy atom. The van der Waals surface area contributed by atoms with Gasteiger partial charge in [-0.3, -0.25) is 0 Å². The fourth-order valence-electron chi connectivity index (χ4n) is 11.6. The van der Waals surface area contributed by atoms with Crippen LogP contribution in [0.1, 0.15) is 55.6 Å². The van der Waals surface area contributed by atoms with Gasteiger partial charge in [-0.1, -0.05) is 96.1 Å². The predicted molar refractivity (Wildman–Crippen MR) is 271 cm³/mol. The molecule has 3 aliphatic heterocycles. The first kappa shape index (κ1) is 41.4. The van der Waals surface area contributed by atoms with Gasteiger partial charge >= 0.3 is 0 Å². The second kappa shape index (κ2) is 14.8. The molecule has 336 valence electrons. The highest BCUT2D eigenvalue weighted by atomic mass is 32.2. The van der Waals surface area contributed by atoms with E-state index in [0.717, 1.165) is 120 Å². The lowest BCUT2D eigenvalue weighted by molar-refractivity contribution is 0.307. The number of sulfonamides is 2. The Bertz CT molecular complexity index is 3840. The molecule has 10 bridgehead atoms. The van der Waals surface area contributed by atoms with Crippen LogP contribution in [0, 0.1) is 27.7 Å². The molecule has 8 nitrogen and oxygen atoms in total. The summed E-state index contributed by atoms with van der Waals surface area (Å²) >= 11 is 0. The van der Waals surface area contributed by atoms with E-state index in [1.54, 1.807) is 32.9 Å². The first-order chi connectivity index (χ1) is 32.9. The van der Waals surface area contributed by atoms with Crippen molar-refractivity contribution in [3.63, 3.8) is 0 Å². The molecule has 0 radical (unpaired) electrons. The van der Waals surface area contributed by atoms with Gasteiger partial charge in [0.2, 0.25) is 20.0 Å². The average molecular weight is 931 g/mol. The van der Waals surface area contributed by atoms with Gasteiger partial charge in [-0.2, -0.15) is 8.61 Å². The number of fused-ring (bicyclic) bond motifs is 8. The summed E-state index contributed by atoms with van der Waals surface area (Å²) < 4.78 is 75.1. The van der Waals surface area contributed by atoms with Crippen LogP contribution >= 0.6 is 0 Å². The van der Waals surface area contributed by atoms with Crippen LogP contribution in [0.2, 0.25) is 0 Å². The number of benzene rings is 10. The Morgan fingerprint density at radius 2 is 0.706 bits per heavy atom. The van der Waals surface area contributed by atoms with Crippen molar-refractivity contribution in [3.8, 4) is 11.5 Å². The summed E-state index contributed by atoms with van der Waals surface area (Å²) in [5.41, 5.74) is 10.0. The highest BCUT2D eigenvalue weighted by Gasteiger charge is 2.37. The zero-order chi connectivity index (χ0) is 46.4. The zero-order valence-corrected chi connectivity index (χ0v) is 39.7. The van der Waals surface area contributed by atoms with E-state index in [0.29, 0.717) is 11.5 Å². The van der Waals surface area contributed by atoms with Gasteiger partial charge in [0.1, 0.15) is 24.7 Å². The number of nitrogens with zero attached hydrogens (tertiary/aromatic N) is 2. The van der Waals surface area contributed by atoms with E-state index in [9.17, 15) is 16.8 Å². The van der Waals surface area contributed by atoms with Crippen LogP contribution in [0.3, 0.4) is 0 Å². The molecular formula is C58H46N2O6S2. The molecule has 10 heteroatoms. The van der Waals surface area contributed by atoms with Gasteiger partial charge in [0.25, 0.3) is 0 Å². The van der Waals surface area contributed by atoms with Crippen molar-refractivity contribution in [1.82, 2.24) is 8.61 Å². The fraction of sp³-hybridized carbons (Fsp3) is 0.172. The van der Waals surface area contributed by atoms with Gasteiger partial charge in [-0.05, 0) is 174 Å². The van der Waals surface area contributed by atoms with Crippen molar-refractivity contribution in [2.45, 2.75) is 76.9 Å². The third-order valence-corrected chi connectivity index (χ3v) is 18.8. The maximum Gasteiger partial charge on any atom is 0.243 e. The minimum absolute atomic E-state index is 0.226. The van der Waals surface area contributed by atoms with E-state index in [1.807, 2.05) is 50.2 Å². The number of rotatable bonds is 4. The van der Waals surface area contributed by atoms with E-state index in [1.165, 1.54) is 0 Å². The molecule has 0 aliphatic carbocycles. The molecule has 0 atom stereocenters. The summed E-state index contributed by atoms with van der Waals surface area (Å²) in [6.45, 7) is 9.52. The number of hydrogen-bond donors (Lipinski definition) is 0. The molecular weight excluding hydrogens is 885 g/mol. The monoisotopic (exact) mass is 930 g/mol. The average Bonchev–Trinajstić information content (AvgIpc) is 4.02. The Labute approximate surface area is 395 Å². The van der Waals surface area contributed by atoms with Gasteiger partial charge in [-0.15, -0.1) is 0 Å². The van der Waals surface area contributed by atoms with Crippen LogP contribution in [0.5, 0.6) is 11.5 Å². The highest BCUT2D eigenvalue weighted by Crippen LogP contribution is 2.49. The van der Waals surface area contributed by atoms with Crippen molar-refractivity contribution >= 4 is 84.7 Å². The minimum atomic E-state index is -3.84. The molecule has 3 heterocycles. The SMILES string of the molecule is Cc1ccc(S(=O)(=O)N2Cc3c(C)c4c5c6ccccc6c6ccc(cc6c5c3C2)OCc2c(C)c3c(c5c6cc(ccc6c6ccccc6c25)OC4)CN(S(=O)(=O)c2ccc(C)cc2)C3)cc1. The quantitative estimate of drug-likeness (QED) is 0.163. The topological polar surface area (TPSA) is 93.2 Å². The molecule has 0 N–H and O–H groups in total. The van der Waals surface area contributed by atoms with E-state index < -0.39 is 20.0 Å². The number of aryl methyl sites for hydroxylation is 2. The van der Waals surface area contributed by atoms with Crippen LogP contribution in [-0.2, 0) is 59.4 Å². The molecule has 0 amide bonds. The number of hydrogen-bond acceptors (Lipinski definition) is 6. The van der Waals surface area contributed by atoms with Crippen LogP contribution in [0.4, 0.5) is 0 Å². The van der Waals surface area contributed by atoms with Gasteiger partial charge in [0.15, 0.2) is 0 Å². The lowest BCUT2D eigenvalue weighted by Crippen LogP contribution is -2.25. The van der Waals surface area contributed by atoms with Gasteiger partial charge in [-0.25, -0.2) is 16.8 Å². The maximum absolute atomic E-state index is 14.5. The standard InChI is InChI=1S/C58H46N2O6S2/c1-33-13-19-39(20-14-33)67(61,62)59-27-49-35(3)53-31-65-38-18-24-44-42-10-6-8-12-46(42)56-54(32-66-37-17-23-43-41-9-5-7-11-45(41)55(53)57(47(43)25-37)51(49)29-59)36(4)50-28-60(30-52(50)58(56)48(44)26-38)68(63,64)40-21-15-34(2)16-22-40/h5-26H,27-32H2,1-4H3. The van der Waals surface area contributed by atoms with Crippen molar-refractivity contribution in [3.05, 3.63) is 189 Å². The van der Waals surface area contributed by atoms with Gasteiger partial charge in [0.05, 0.1) is 9.79 Å². The van der Waals surface area contributed by atoms with Crippen molar-refractivity contribution < 1.29 is 26.3 Å². The third-order valence-electron chi connectivity index (χ3n) is 15.2. The van der Waals surface area contributed by atoms with Crippen molar-refractivity contribution in [1.29, 1.82) is 0 Å². The smallest absolute Gasteiger partial charge is 0.243 e. The normalized spacial score (nSPS) is 15.4. The first-order valence-electron chi connectivity index (χ1n) is 23.1. The van der Waals surface area contributed by atoms with Crippen LogP contribution < -0.4 is 9.47 Å². The molecule has 68 heavy (non-hydrogen) atoms. The molecule has 0 unspecified atom stereocenters.